The van der Waals surface area contributed by atoms with Crippen molar-refractivity contribution in [2.75, 3.05) is 0 Å². The summed E-state index contributed by atoms with van der Waals surface area (Å²) in [4.78, 5) is 11.4. The molecule has 2 nitrogen and oxygen atoms in total. The average molecular weight is 323 g/mol. The van der Waals surface area contributed by atoms with Crippen LogP contribution in [0.5, 0.6) is 0 Å². The summed E-state index contributed by atoms with van der Waals surface area (Å²) < 4.78 is 4.85. The van der Waals surface area contributed by atoms with E-state index in [1.165, 1.54) is 70.6 Å². The maximum Gasteiger partial charge on any atom is 0.319 e. The van der Waals surface area contributed by atoms with Crippen molar-refractivity contribution < 1.29 is 9.53 Å². The average Bonchev–Trinajstić information content (AvgIpc) is 2.56. The maximum atomic E-state index is 11.4. The van der Waals surface area contributed by atoms with E-state index in [1.807, 2.05) is 0 Å². The summed E-state index contributed by atoms with van der Waals surface area (Å²) in [5.74, 6) is 2.65. The van der Waals surface area contributed by atoms with Gasteiger partial charge in [0.15, 0.2) is 0 Å². The summed E-state index contributed by atoms with van der Waals surface area (Å²) in [5, 5.41) is 0. The largest absolute Gasteiger partial charge is 0.372 e. The minimum atomic E-state index is -0.170. The van der Waals surface area contributed by atoms with E-state index in [2.05, 4.69) is 25.9 Å². The van der Waals surface area contributed by atoms with Crippen molar-refractivity contribution in [2.24, 2.45) is 0 Å². The van der Waals surface area contributed by atoms with Crippen molar-refractivity contribution in [2.45, 2.75) is 117 Å². The SMILES string of the molecule is CCCC#COC(=O)CCCCCCCCCCCCCCC. The third-order valence-corrected chi connectivity index (χ3v) is 4.10. The van der Waals surface area contributed by atoms with Crippen LogP contribution in [0.1, 0.15) is 117 Å². The molecule has 0 unspecified atom stereocenters. The number of carbonyl (C=O) groups excluding carboxylic acids is 1. The molecule has 0 bridgehead atoms. The molecule has 0 saturated carbocycles. The van der Waals surface area contributed by atoms with E-state index in [-0.39, 0.29) is 5.97 Å². The molecule has 0 aromatic heterocycles. The molecule has 0 amide bonds. The first kappa shape index (κ1) is 22.0. The van der Waals surface area contributed by atoms with Gasteiger partial charge in [0, 0.05) is 12.8 Å². The monoisotopic (exact) mass is 322 g/mol. The van der Waals surface area contributed by atoms with Gasteiger partial charge in [-0.15, -0.1) is 0 Å². The Balaban J connectivity index is 3.16. The van der Waals surface area contributed by atoms with Gasteiger partial charge in [-0.25, -0.2) is 0 Å². The lowest BCUT2D eigenvalue weighted by Crippen LogP contribution is -1.99. The van der Waals surface area contributed by atoms with E-state index in [4.69, 9.17) is 4.74 Å². The number of carbonyl (C=O) groups is 1. The van der Waals surface area contributed by atoms with Crippen molar-refractivity contribution in [3.8, 4) is 12.0 Å². The zero-order valence-corrected chi connectivity index (χ0v) is 15.6. The number of ether oxygens (including phenoxy) is 1. The van der Waals surface area contributed by atoms with Crippen LogP contribution in [-0.2, 0) is 9.53 Å². The highest BCUT2D eigenvalue weighted by Gasteiger charge is 2.00. The molecule has 0 rings (SSSR count). The van der Waals surface area contributed by atoms with Gasteiger partial charge in [-0.2, -0.15) is 0 Å². The Labute approximate surface area is 144 Å². The molecule has 0 aliphatic rings. The maximum absolute atomic E-state index is 11.4. The topological polar surface area (TPSA) is 26.3 Å². The highest BCUT2D eigenvalue weighted by atomic mass is 16.5. The van der Waals surface area contributed by atoms with Crippen molar-refractivity contribution in [3.05, 3.63) is 0 Å². The van der Waals surface area contributed by atoms with Gasteiger partial charge >= 0.3 is 5.97 Å². The van der Waals surface area contributed by atoms with Crippen LogP contribution in [0.25, 0.3) is 0 Å². The van der Waals surface area contributed by atoms with Crippen LogP contribution in [0, 0.1) is 12.0 Å². The van der Waals surface area contributed by atoms with Crippen molar-refractivity contribution in [1.82, 2.24) is 0 Å². The highest BCUT2D eigenvalue weighted by molar-refractivity contribution is 5.70. The minimum Gasteiger partial charge on any atom is -0.372 e. The normalized spacial score (nSPS) is 10.2. The second kappa shape index (κ2) is 19.1. The zero-order chi connectivity index (χ0) is 17.0. The Morgan fingerprint density at radius 2 is 1.17 bits per heavy atom. The minimum absolute atomic E-state index is 0.170. The van der Waals surface area contributed by atoms with E-state index < -0.39 is 0 Å². The number of esters is 1. The molecule has 0 saturated heterocycles. The van der Waals surface area contributed by atoms with Gasteiger partial charge in [0.2, 0.25) is 0 Å². The molecule has 2 heteroatoms. The molecule has 0 N–H and O–H groups in total. The van der Waals surface area contributed by atoms with Crippen LogP contribution in [-0.4, -0.2) is 5.97 Å². The van der Waals surface area contributed by atoms with Gasteiger partial charge in [-0.1, -0.05) is 96.8 Å². The molecular weight excluding hydrogens is 284 g/mol. The Hall–Kier alpha value is -0.970. The van der Waals surface area contributed by atoms with Crippen molar-refractivity contribution in [1.29, 1.82) is 0 Å². The second-order valence-corrected chi connectivity index (χ2v) is 6.50. The lowest BCUT2D eigenvalue weighted by Gasteiger charge is -2.02. The smallest absolute Gasteiger partial charge is 0.319 e. The third kappa shape index (κ3) is 19.0. The van der Waals surface area contributed by atoms with Gasteiger partial charge < -0.3 is 4.74 Å². The summed E-state index contributed by atoms with van der Waals surface area (Å²) in [6.07, 6.45) is 22.0. The van der Waals surface area contributed by atoms with E-state index in [1.54, 1.807) is 0 Å². The molecule has 0 fully saturated rings. The molecule has 0 spiro atoms. The first-order chi connectivity index (χ1) is 11.3. The Kier molecular flexibility index (Phi) is 18.3. The fraction of sp³-hybridized carbons (Fsp3) is 0.857. The Morgan fingerprint density at radius 3 is 1.65 bits per heavy atom. The third-order valence-electron chi connectivity index (χ3n) is 4.10. The van der Waals surface area contributed by atoms with Gasteiger partial charge in [0.1, 0.15) is 6.11 Å². The quantitative estimate of drug-likeness (QED) is 0.189. The summed E-state index contributed by atoms with van der Waals surface area (Å²) in [6, 6.07) is 0. The molecule has 0 heterocycles. The van der Waals surface area contributed by atoms with Crippen LogP contribution >= 0.6 is 0 Å². The Bertz CT molecular complexity index is 312. The van der Waals surface area contributed by atoms with Crippen LogP contribution in [0.4, 0.5) is 0 Å². The number of hydrogen-bond donors (Lipinski definition) is 0. The van der Waals surface area contributed by atoms with E-state index >= 15 is 0 Å². The molecule has 23 heavy (non-hydrogen) atoms. The summed E-state index contributed by atoms with van der Waals surface area (Å²) >= 11 is 0. The molecule has 0 aromatic rings. The fourth-order valence-electron chi connectivity index (χ4n) is 2.61. The lowest BCUT2D eigenvalue weighted by molar-refractivity contribution is -0.136. The predicted octanol–water partition coefficient (Wildman–Crippen LogP) is 6.77. The molecule has 0 atom stereocenters. The first-order valence-electron chi connectivity index (χ1n) is 9.98. The van der Waals surface area contributed by atoms with Crippen LogP contribution < -0.4 is 0 Å². The fourth-order valence-corrected chi connectivity index (χ4v) is 2.61. The van der Waals surface area contributed by atoms with Crippen LogP contribution in [0.2, 0.25) is 0 Å². The molecule has 0 radical (unpaired) electrons. The second-order valence-electron chi connectivity index (χ2n) is 6.50. The summed E-state index contributed by atoms with van der Waals surface area (Å²) in [5.41, 5.74) is 0. The Morgan fingerprint density at radius 1 is 0.696 bits per heavy atom. The predicted molar refractivity (Wildman–Crippen MR) is 99.1 cm³/mol. The van der Waals surface area contributed by atoms with E-state index in [9.17, 15) is 4.79 Å². The molecule has 0 aliphatic carbocycles. The number of unbranched alkanes of at least 4 members (excludes halogenated alkanes) is 13. The van der Waals surface area contributed by atoms with Gasteiger partial charge in [-0.05, 0) is 12.8 Å². The van der Waals surface area contributed by atoms with E-state index in [0.29, 0.717) is 6.42 Å². The summed E-state index contributed by atoms with van der Waals surface area (Å²) in [7, 11) is 0. The molecule has 0 aromatic carbocycles. The van der Waals surface area contributed by atoms with E-state index in [0.717, 1.165) is 25.7 Å². The molecule has 0 aliphatic heterocycles. The summed E-state index contributed by atoms with van der Waals surface area (Å²) in [6.45, 7) is 4.33. The van der Waals surface area contributed by atoms with Crippen molar-refractivity contribution >= 4 is 5.97 Å². The van der Waals surface area contributed by atoms with Gasteiger partial charge in [0.25, 0.3) is 0 Å². The van der Waals surface area contributed by atoms with Gasteiger partial charge in [0.05, 0.1) is 0 Å². The molecular formula is C21H38O2. The zero-order valence-electron chi connectivity index (χ0n) is 15.6. The number of rotatable bonds is 15. The lowest BCUT2D eigenvalue weighted by atomic mass is 10.0. The molecule has 134 valence electrons. The highest BCUT2D eigenvalue weighted by Crippen LogP contribution is 2.13. The van der Waals surface area contributed by atoms with Gasteiger partial charge in [-0.3, -0.25) is 4.79 Å². The van der Waals surface area contributed by atoms with Crippen molar-refractivity contribution in [3.63, 3.8) is 0 Å². The first-order valence-corrected chi connectivity index (χ1v) is 9.98. The number of hydrogen-bond acceptors (Lipinski definition) is 2. The van der Waals surface area contributed by atoms with Crippen LogP contribution in [0.15, 0.2) is 0 Å². The van der Waals surface area contributed by atoms with Crippen LogP contribution in [0.3, 0.4) is 0 Å². The standard InChI is InChI=1S/C21H38O2/c1-3-5-7-8-9-10-11-12-13-14-15-16-17-19-21(22)23-20-18-6-4-2/h3-17,19H2,1-2H3.